The number of anilines is 1. The minimum Gasteiger partial charge on any atom is -0.349 e. The summed E-state index contributed by atoms with van der Waals surface area (Å²) in [5.41, 5.74) is 4.30. The fraction of sp³-hybridized carbons (Fsp3) is 0.120. The van der Waals surface area contributed by atoms with Gasteiger partial charge in [-0.25, -0.2) is 4.39 Å². The predicted octanol–water partition coefficient (Wildman–Crippen LogP) is 5.03. The number of fused-ring (bicyclic) bond motifs is 1. The number of rotatable bonds is 5. The van der Waals surface area contributed by atoms with Crippen molar-refractivity contribution in [2.75, 3.05) is 5.32 Å². The molecule has 1 aliphatic rings. The van der Waals surface area contributed by atoms with Crippen LogP contribution in [-0.4, -0.2) is 17.9 Å². The number of carbonyl (C=O) groups is 2. The van der Waals surface area contributed by atoms with Gasteiger partial charge < -0.3 is 10.6 Å². The number of nitrogens with one attached hydrogen (secondary N) is 2. The molecule has 0 radical (unpaired) electrons. The van der Waals surface area contributed by atoms with Crippen LogP contribution in [0.3, 0.4) is 0 Å². The smallest absolute Gasteiger partial charge is 0.251 e. The van der Waals surface area contributed by atoms with Crippen LogP contribution >= 0.6 is 11.6 Å². The number of halogens is 2. The molecule has 0 aliphatic heterocycles. The van der Waals surface area contributed by atoms with Crippen LogP contribution in [0.25, 0.3) is 6.08 Å². The summed E-state index contributed by atoms with van der Waals surface area (Å²) in [6.07, 6.45) is 4.66. The van der Waals surface area contributed by atoms with E-state index in [1.54, 1.807) is 30.3 Å². The second kappa shape index (κ2) is 9.14. The molecule has 6 heteroatoms. The zero-order chi connectivity index (χ0) is 21.8. The van der Waals surface area contributed by atoms with Gasteiger partial charge in [-0.05, 0) is 84.1 Å². The highest BCUT2D eigenvalue weighted by Crippen LogP contribution is 2.27. The number of amides is 2. The van der Waals surface area contributed by atoms with Crippen molar-refractivity contribution in [1.29, 1.82) is 0 Å². The van der Waals surface area contributed by atoms with Crippen molar-refractivity contribution in [3.63, 3.8) is 0 Å². The monoisotopic (exact) mass is 434 g/mol. The SMILES string of the molecule is O=C(C=Cc1cccc2c1CC(NC(=O)c1ccc(F)cc1)C2)Nc1ccc(Cl)cc1. The molecule has 4 nitrogen and oxygen atoms in total. The third kappa shape index (κ3) is 5.19. The number of hydrogen-bond acceptors (Lipinski definition) is 2. The molecule has 2 amide bonds. The van der Waals surface area contributed by atoms with E-state index >= 15 is 0 Å². The van der Waals surface area contributed by atoms with Crippen LogP contribution in [0.4, 0.5) is 10.1 Å². The van der Waals surface area contributed by atoms with Gasteiger partial charge in [-0.15, -0.1) is 0 Å². The molecule has 0 aromatic heterocycles. The fourth-order valence-corrected chi connectivity index (χ4v) is 3.82. The second-order valence-electron chi connectivity index (χ2n) is 7.40. The van der Waals surface area contributed by atoms with Crippen molar-refractivity contribution < 1.29 is 14.0 Å². The molecule has 1 unspecified atom stereocenters. The molecular weight excluding hydrogens is 415 g/mol. The lowest BCUT2D eigenvalue weighted by atomic mass is 10.0. The van der Waals surface area contributed by atoms with Gasteiger partial charge in [0, 0.05) is 28.4 Å². The molecule has 31 heavy (non-hydrogen) atoms. The van der Waals surface area contributed by atoms with Crippen LogP contribution in [0.2, 0.25) is 5.02 Å². The largest absolute Gasteiger partial charge is 0.349 e. The van der Waals surface area contributed by atoms with Gasteiger partial charge in [0.05, 0.1) is 0 Å². The average Bonchev–Trinajstić information content (AvgIpc) is 3.17. The normalized spacial score (nSPS) is 15.0. The molecule has 3 aromatic carbocycles. The summed E-state index contributed by atoms with van der Waals surface area (Å²) < 4.78 is 13.1. The Morgan fingerprint density at radius 2 is 1.71 bits per heavy atom. The van der Waals surface area contributed by atoms with Crippen molar-refractivity contribution in [2.24, 2.45) is 0 Å². The third-order valence-corrected chi connectivity index (χ3v) is 5.45. The van der Waals surface area contributed by atoms with Gasteiger partial charge in [-0.3, -0.25) is 9.59 Å². The van der Waals surface area contributed by atoms with Gasteiger partial charge in [0.1, 0.15) is 5.82 Å². The van der Waals surface area contributed by atoms with E-state index < -0.39 is 0 Å². The Labute approximate surface area is 184 Å². The zero-order valence-corrected chi connectivity index (χ0v) is 17.3. The van der Waals surface area contributed by atoms with E-state index in [-0.39, 0.29) is 23.7 Å². The van der Waals surface area contributed by atoms with Gasteiger partial charge in [-0.1, -0.05) is 29.8 Å². The summed E-state index contributed by atoms with van der Waals surface area (Å²) in [7, 11) is 0. The first kappa shape index (κ1) is 20.8. The minimum atomic E-state index is -0.374. The molecule has 156 valence electrons. The average molecular weight is 435 g/mol. The van der Waals surface area contributed by atoms with Crippen molar-refractivity contribution in [1.82, 2.24) is 5.32 Å². The molecule has 0 spiro atoms. The Bertz CT molecular complexity index is 1140. The lowest BCUT2D eigenvalue weighted by Crippen LogP contribution is -2.35. The summed E-state index contributed by atoms with van der Waals surface area (Å²) in [5.74, 6) is -0.835. The number of hydrogen-bond donors (Lipinski definition) is 2. The molecule has 4 rings (SSSR count). The maximum Gasteiger partial charge on any atom is 0.251 e. The maximum atomic E-state index is 13.1. The summed E-state index contributed by atoms with van der Waals surface area (Å²) in [5, 5.41) is 6.42. The second-order valence-corrected chi connectivity index (χ2v) is 7.84. The molecule has 0 saturated carbocycles. The Hall–Kier alpha value is -3.44. The molecule has 2 N–H and O–H groups in total. The van der Waals surface area contributed by atoms with Crippen LogP contribution < -0.4 is 10.6 Å². The highest BCUT2D eigenvalue weighted by molar-refractivity contribution is 6.30. The number of carbonyl (C=O) groups excluding carboxylic acids is 2. The Kier molecular flexibility index (Phi) is 6.14. The highest BCUT2D eigenvalue weighted by Gasteiger charge is 2.24. The summed E-state index contributed by atoms with van der Waals surface area (Å²) in [4.78, 5) is 24.7. The van der Waals surface area contributed by atoms with Crippen LogP contribution in [-0.2, 0) is 17.6 Å². The van der Waals surface area contributed by atoms with E-state index in [1.807, 2.05) is 18.2 Å². The number of benzene rings is 3. The molecular formula is C25H20ClFN2O2. The van der Waals surface area contributed by atoms with E-state index in [0.717, 1.165) is 16.7 Å². The first-order valence-electron chi connectivity index (χ1n) is 9.90. The predicted molar refractivity (Wildman–Crippen MR) is 121 cm³/mol. The van der Waals surface area contributed by atoms with E-state index in [0.29, 0.717) is 29.1 Å². The van der Waals surface area contributed by atoms with E-state index in [4.69, 9.17) is 11.6 Å². The topological polar surface area (TPSA) is 58.2 Å². The molecule has 0 fully saturated rings. The standard InChI is InChI=1S/C25H20ClFN2O2/c26-19-7-11-21(12-8-19)28-24(30)13-6-16-2-1-3-18-14-22(15-23(16)18)29-25(31)17-4-9-20(27)10-5-17/h1-13,22H,14-15H2,(H,28,30)(H,29,31). The maximum absolute atomic E-state index is 13.1. The summed E-state index contributed by atoms with van der Waals surface area (Å²) in [6.45, 7) is 0. The highest BCUT2D eigenvalue weighted by atomic mass is 35.5. The van der Waals surface area contributed by atoms with Crippen LogP contribution in [0, 0.1) is 5.82 Å². The van der Waals surface area contributed by atoms with Gasteiger partial charge in [0.15, 0.2) is 0 Å². The Morgan fingerprint density at radius 3 is 2.45 bits per heavy atom. The van der Waals surface area contributed by atoms with E-state index in [9.17, 15) is 14.0 Å². The molecule has 0 bridgehead atoms. The van der Waals surface area contributed by atoms with Gasteiger partial charge in [0.2, 0.25) is 5.91 Å². The van der Waals surface area contributed by atoms with Crippen molar-refractivity contribution in [3.8, 4) is 0 Å². The molecule has 1 aliphatic carbocycles. The molecule has 0 heterocycles. The molecule has 1 atom stereocenters. The van der Waals surface area contributed by atoms with E-state index in [2.05, 4.69) is 10.6 Å². The lowest BCUT2D eigenvalue weighted by molar-refractivity contribution is -0.111. The van der Waals surface area contributed by atoms with Crippen LogP contribution in [0.1, 0.15) is 27.0 Å². The lowest BCUT2D eigenvalue weighted by Gasteiger charge is -2.12. The quantitative estimate of drug-likeness (QED) is 0.553. The first-order valence-corrected chi connectivity index (χ1v) is 10.3. The van der Waals surface area contributed by atoms with Crippen LogP contribution in [0.15, 0.2) is 72.8 Å². The molecule has 3 aromatic rings. The van der Waals surface area contributed by atoms with Gasteiger partial charge in [0.25, 0.3) is 5.91 Å². The van der Waals surface area contributed by atoms with Crippen molar-refractivity contribution >= 4 is 35.2 Å². The van der Waals surface area contributed by atoms with Gasteiger partial charge in [-0.2, -0.15) is 0 Å². The summed E-state index contributed by atoms with van der Waals surface area (Å²) in [6, 6.07) is 18.3. The summed E-state index contributed by atoms with van der Waals surface area (Å²) >= 11 is 5.86. The minimum absolute atomic E-state index is 0.0509. The fourth-order valence-electron chi connectivity index (χ4n) is 3.69. The third-order valence-electron chi connectivity index (χ3n) is 5.19. The Balaban J connectivity index is 1.41. The first-order chi connectivity index (χ1) is 15.0. The van der Waals surface area contributed by atoms with Crippen molar-refractivity contribution in [2.45, 2.75) is 18.9 Å². The van der Waals surface area contributed by atoms with Crippen LogP contribution in [0.5, 0.6) is 0 Å². The van der Waals surface area contributed by atoms with E-state index in [1.165, 1.54) is 30.3 Å². The molecule has 0 saturated heterocycles. The Morgan fingerprint density at radius 1 is 0.968 bits per heavy atom. The zero-order valence-electron chi connectivity index (χ0n) is 16.6. The van der Waals surface area contributed by atoms with Crippen molar-refractivity contribution in [3.05, 3.63) is 106 Å². The van der Waals surface area contributed by atoms with Gasteiger partial charge >= 0.3 is 0 Å².